The minimum atomic E-state index is -0.106. The van der Waals surface area contributed by atoms with Gasteiger partial charge in [-0.2, -0.15) is 5.26 Å². The fourth-order valence-corrected chi connectivity index (χ4v) is 3.67. The van der Waals surface area contributed by atoms with Gasteiger partial charge in [-0.25, -0.2) is 0 Å². The third kappa shape index (κ3) is 4.13. The number of halogens is 1. The number of hydrogen-bond donors (Lipinski definition) is 0. The van der Waals surface area contributed by atoms with Crippen molar-refractivity contribution in [2.24, 2.45) is 0 Å². The summed E-state index contributed by atoms with van der Waals surface area (Å²) in [6, 6.07) is 12.2. The summed E-state index contributed by atoms with van der Waals surface area (Å²) in [6.45, 7) is 4.58. The highest BCUT2D eigenvalue weighted by Gasteiger charge is 2.20. The van der Waals surface area contributed by atoms with E-state index >= 15 is 0 Å². The van der Waals surface area contributed by atoms with Crippen LogP contribution in [0.4, 0.5) is 5.69 Å². The molecule has 0 aliphatic heterocycles. The average molecular weight is 347 g/mol. The van der Waals surface area contributed by atoms with Crippen molar-refractivity contribution in [1.29, 1.82) is 5.26 Å². The number of amides is 1. The van der Waals surface area contributed by atoms with Gasteiger partial charge >= 0.3 is 0 Å². The summed E-state index contributed by atoms with van der Waals surface area (Å²) in [5.74, 6) is -0.153. The number of carbonyl (C=O) groups excluding carboxylic acids is 1. The van der Waals surface area contributed by atoms with Gasteiger partial charge in [-0.1, -0.05) is 25.1 Å². The Kier molecular flexibility index (Phi) is 6.20. The van der Waals surface area contributed by atoms with Crippen molar-refractivity contribution >= 4 is 34.5 Å². The first-order valence-corrected chi connectivity index (χ1v) is 8.85. The first-order chi connectivity index (χ1) is 11.1. The van der Waals surface area contributed by atoms with Crippen LogP contribution in [-0.4, -0.2) is 11.8 Å². The second-order valence-electron chi connectivity index (χ2n) is 5.25. The van der Waals surface area contributed by atoms with Gasteiger partial charge in [0.15, 0.2) is 0 Å². The van der Waals surface area contributed by atoms with E-state index in [-0.39, 0.29) is 11.8 Å². The lowest BCUT2D eigenvalue weighted by Crippen LogP contribution is -2.32. The van der Waals surface area contributed by atoms with Crippen LogP contribution in [-0.2, 0) is 24.2 Å². The molecule has 5 heteroatoms. The Morgan fingerprint density at radius 3 is 2.70 bits per heavy atom. The number of alkyl halides is 1. The molecular weight excluding hydrogens is 328 g/mol. The Bertz CT molecular complexity index is 733. The zero-order chi connectivity index (χ0) is 16.8. The summed E-state index contributed by atoms with van der Waals surface area (Å²) >= 11 is 7.40. The number of anilines is 1. The number of benzene rings is 1. The summed E-state index contributed by atoms with van der Waals surface area (Å²) in [6.07, 6.45) is 1.26. The second-order valence-corrected chi connectivity index (χ2v) is 6.77. The normalized spacial score (nSPS) is 10.3. The number of para-hydroxylation sites is 1. The molecule has 0 bridgehead atoms. The van der Waals surface area contributed by atoms with Crippen molar-refractivity contribution < 1.29 is 4.79 Å². The van der Waals surface area contributed by atoms with E-state index in [0.717, 1.165) is 33.0 Å². The van der Waals surface area contributed by atoms with Gasteiger partial charge in [0.05, 0.1) is 24.7 Å². The van der Waals surface area contributed by atoms with E-state index in [1.807, 2.05) is 37.3 Å². The molecular formula is C18H19ClN2OS. The van der Waals surface area contributed by atoms with Crippen LogP contribution < -0.4 is 4.90 Å². The van der Waals surface area contributed by atoms with Crippen LogP contribution in [0.2, 0.25) is 0 Å². The monoisotopic (exact) mass is 346 g/mol. The van der Waals surface area contributed by atoms with Crippen molar-refractivity contribution in [2.45, 2.75) is 33.2 Å². The molecule has 3 nitrogen and oxygen atoms in total. The summed E-state index contributed by atoms with van der Waals surface area (Å²) < 4.78 is 0. The number of nitriles is 1. The van der Waals surface area contributed by atoms with Crippen molar-refractivity contribution in [3.63, 3.8) is 0 Å². The predicted octanol–water partition coefficient (Wildman–Crippen LogP) is 4.46. The van der Waals surface area contributed by atoms with E-state index in [9.17, 15) is 4.79 Å². The van der Waals surface area contributed by atoms with Crippen molar-refractivity contribution in [2.75, 3.05) is 10.8 Å². The molecule has 0 unspecified atom stereocenters. The number of nitrogens with zero attached hydrogens (tertiary/aromatic N) is 2. The van der Waals surface area contributed by atoms with Crippen molar-refractivity contribution in [1.82, 2.24) is 0 Å². The zero-order valence-corrected chi connectivity index (χ0v) is 14.9. The molecule has 0 aliphatic carbocycles. The van der Waals surface area contributed by atoms with E-state index in [1.165, 1.54) is 0 Å². The molecule has 0 fully saturated rings. The summed E-state index contributed by atoms with van der Waals surface area (Å²) in [5, 5.41) is 8.79. The van der Waals surface area contributed by atoms with E-state index < -0.39 is 0 Å². The maximum atomic E-state index is 12.4. The van der Waals surface area contributed by atoms with Crippen molar-refractivity contribution in [3.05, 3.63) is 51.2 Å². The minimum Gasteiger partial charge on any atom is -0.306 e. The molecule has 1 aromatic carbocycles. The molecule has 0 N–H and O–H groups in total. The molecule has 120 valence electrons. The Morgan fingerprint density at radius 1 is 1.30 bits per heavy atom. The highest BCUT2D eigenvalue weighted by Crippen LogP contribution is 2.29. The third-order valence-electron chi connectivity index (χ3n) is 3.67. The first kappa shape index (κ1) is 17.5. The van der Waals surface area contributed by atoms with Crippen LogP contribution in [0.5, 0.6) is 0 Å². The fraction of sp³-hybridized carbons (Fsp3) is 0.333. The van der Waals surface area contributed by atoms with Crippen LogP contribution in [0.25, 0.3) is 0 Å². The quantitative estimate of drug-likeness (QED) is 0.725. The largest absolute Gasteiger partial charge is 0.306 e. The van der Waals surface area contributed by atoms with E-state index in [1.54, 1.807) is 16.2 Å². The third-order valence-corrected chi connectivity index (χ3v) is 4.97. The van der Waals surface area contributed by atoms with Crippen LogP contribution in [0.15, 0.2) is 30.3 Å². The number of rotatable bonds is 6. The highest BCUT2D eigenvalue weighted by molar-refractivity contribution is 7.12. The molecule has 0 atom stereocenters. The molecule has 2 aromatic rings. The molecule has 1 heterocycles. The number of aryl methyl sites for hydroxylation is 2. The number of carbonyl (C=O) groups is 1. The highest BCUT2D eigenvalue weighted by atomic mass is 35.5. The van der Waals surface area contributed by atoms with Crippen LogP contribution in [0.1, 0.15) is 27.8 Å². The molecule has 0 spiro atoms. The second kappa shape index (κ2) is 8.14. The molecule has 23 heavy (non-hydrogen) atoms. The van der Waals surface area contributed by atoms with Crippen molar-refractivity contribution in [3.8, 4) is 6.07 Å². The summed E-state index contributed by atoms with van der Waals surface area (Å²) in [4.78, 5) is 16.3. The predicted molar refractivity (Wildman–Crippen MR) is 96.1 cm³/mol. The Balaban J connectivity index is 2.38. The number of thiophene rings is 1. The molecule has 0 saturated carbocycles. The van der Waals surface area contributed by atoms with E-state index in [0.29, 0.717) is 13.0 Å². The van der Waals surface area contributed by atoms with Gasteiger partial charge in [-0.05, 0) is 36.6 Å². The standard InChI is InChI=1S/C18H19ClN2OS/c1-3-14-6-4-5-13(2)18(14)21(17(22)11-19)12-16-8-7-15(23-16)9-10-20/h4-8H,3,9,11-12H2,1-2H3. The maximum absolute atomic E-state index is 12.4. The minimum absolute atomic E-state index is 0.0477. The lowest BCUT2D eigenvalue weighted by atomic mass is 10.0. The van der Waals surface area contributed by atoms with Crippen LogP contribution in [0, 0.1) is 18.3 Å². The van der Waals surface area contributed by atoms with E-state index in [4.69, 9.17) is 16.9 Å². The molecule has 0 saturated heterocycles. The average Bonchev–Trinajstić information content (AvgIpc) is 2.99. The molecule has 1 aromatic heterocycles. The molecule has 0 aliphatic rings. The molecule has 1 amide bonds. The van der Waals surface area contributed by atoms with Gasteiger partial charge < -0.3 is 4.90 Å². The maximum Gasteiger partial charge on any atom is 0.242 e. The smallest absolute Gasteiger partial charge is 0.242 e. The summed E-state index contributed by atoms with van der Waals surface area (Å²) in [5.41, 5.74) is 3.16. The Labute approximate surface area is 146 Å². The lowest BCUT2D eigenvalue weighted by Gasteiger charge is -2.26. The zero-order valence-electron chi connectivity index (χ0n) is 13.3. The van der Waals surface area contributed by atoms with Gasteiger partial charge in [0.1, 0.15) is 5.88 Å². The Hall–Kier alpha value is -1.83. The van der Waals surface area contributed by atoms with Gasteiger partial charge in [-0.15, -0.1) is 22.9 Å². The van der Waals surface area contributed by atoms with E-state index in [2.05, 4.69) is 13.0 Å². The first-order valence-electron chi connectivity index (χ1n) is 7.50. The summed E-state index contributed by atoms with van der Waals surface area (Å²) in [7, 11) is 0. The van der Waals surface area contributed by atoms with Gasteiger partial charge in [0.2, 0.25) is 5.91 Å². The van der Waals surface area contributed by atoms with Gasteiger partial charge in [0.25, 0.3) is 0 Å². The number of hydrogen-bond acceptors (Lipinski definition) is 3. The fourth-order valence-electron chi connectivity index (χ4n) is 2.59. The van der Waals surface area contributed by atoms with Gasteiger partial charge in [0, 0.05) is 9.75 Å². The van der Waals surface area contributed by atoms with Gasteiger partial charge in [-0.3, -0.25) is 4.79 Å². The molecule has 0 radical (unpaired) electrons. The van der Waals surface area contributed by atoms with Crippen LogP contribution in [0.3, 0.4) is 0 Å². The SMILES string of the molecule is CCc1cccc(C)c1N(Cc1ccc(CC#N)s1)C(=O)CCl. The van der Waals surface area contributed by atoms with Crippen LogP contribution >= 0.6 is 22.9 Å². The molecule has 2 rings (SSSR count). The topological polar surface area (TPSA) is 44.1 Å². The lowest BCUT2D eigenvalue weighted by molar-refractivity contribution is -0.116. The Morgan fingerprint density at radius 2 is 2.04 bits per heavy atom.